The van der Waals surface area contributed by atoms with Crippen LogP contribution < -0.4 is 0 Å². The summed E-state index contributed by atoms with van der Waals surface area (Å²) >= 11 is 4.22. The van der Waals surface area contributed by atoms with Gasteiger partial charge in [0.2, 0.25) is 0 Å². The smallest absolute Gasteiger partial charge is 0.0724 e. The van der Waals surface area contributed by atoms with Gasteiger partial charge in [-0.15, -0.1) is 0 Å². The zero-order chi connectivity index (χ0) is 10.6. The fraction of sp³-hybridized carbons (Fsp3) is 0.818. The summed E-state index contributed by atoms with van der Waals surface area (Å²) < 4.78 is 5.46. The molecule has 2 unspecified atom stereocenters. The Balaban J connectivity index is 2.38. The lowest BCUT2D eigenvalue weighted by Crippen LogP contribution is -2.44. The molecule has 0 aromatic heterocycles. The van der Waals surface area contributed by atoms with E-state index in [9.17, 15) is 0 Å². The molecule has 0 amide bonds. The Labute approximate surface area is 92.7 Å². The quantitative estimate of drug-likeness (QED) is 0.567. The van der Waals surface area contributed by atoms with Crippen LogP contribution in [0, 0.1) is 5.92 Å². The number of hydrogen-bond donors (Lipinski definition) is 1. The number of thiol groups is 1. The van der Waals surface area contributed by atoms with Crippen LogP contribution in [0.2, 0.25) is 0 Å². The van der Waals surface area contributed by atoms with Gasteiger partial charge in [0, 0.05) is 26.0 Å². The Bertz CT molecular complexity index is 196. The first kappa shape index (κ1) is 12.1. The summed E-state index contributed by atoms with van der Waals surface area (Å²) in [5, 5.41) is 0. The van der Waals surface area contributed by atoms with Crippen molar-refractivity contribution in [1.29, 1.82) is 0 Å². The molecule has 0 saturated carbocycles. The van der Waals surface area contributed by atoms with Crippen LogP contribution in [0.5, 0.6) is 0 Å². The van der Waals surface area contributed by atoms with Crippen molar-refractivity contribution in [3.05, 3.63) is 12.2 Å². The van der Waals surface area contributed by atoms with Gasteiger partial charge in [-0.25, -0.2) is 0 Å². The van der Waals surface area contributed by atoms with Gasteiger partial charge in [0.25, 0.3) is 0 Å². The summed E-state index contributed by atoms with van der Waals surface area (Å²) in [6.07, 6.45) is 1.61. The zero-order valence-corrected chi connectivity index (χ0v) is 10.1. The Morgan fingerprint density at radius 3 is 2.93 bits per heavy atom. The maximum absolute atomic E-state index is 5.46. The van der Waals surface area contributed by atoms with Gasteiger partial charge in [-0.1, -0.05) is 19.1 Å². The van der Waals surface area contributed by atoms with E-state index in [1.165, 1.54) is 12.0 Å². The molecule has 1 saturated heterocycles. The Morgan fingerprint density at radius 1 is 1.64 bits per heavy atom. The molecule has 82 valence electrons. The summed E-state index contributed by atoms with van der Waals surface area (Å²) in [6, 6.07) is 0. The third-order valence-electron chi connectivity index (χ3n) is 2.95. The fourth-order valence-corrected chi connectivity index (χ4v) is 2.01. The highest BCUT2D eigenvalue weighted by Crippen LogP contribution is 2.19. The van der Waals surface area contributed by atoms with E-state index in [4.69, 9.17) is 4.74 Å². The van der Waals surface area contributed by atoms with Crippen molar-refractivity contribution < 1.29 is 4.74 Å². The van der Waals surface area contributed by atoms with E-state index in [1.807, 2.05) is 0 Å². The molecule has 1 rings (SSSR count). The van der Waals surface area contributed by atoms with Crippen molar-refractivity contribution in [1.82, 2.24) is 4.90 Å². The van der Waals surface area contributed by atoms with Crippen LogP contribution in [0.15, 0.2) is 12.2 Å². The highest BCUT2D eigenvalue weighted by atomic mass is 32.1. The van der Waals surface area contributed by atoms with Crippen molar-refractivity contribution in [2.75, 3.05) is 32.5 Å². The van der Waals surface area contributed by atoms with Gasteiger partial charge in [-0.3, -0.25) is 4.90 Å². The van der Waals surface area contributed by atoms with Gasteiger partial charge in [0.15, 0.2) is 0 Å². The highest BCUT2D eigenvalue weighted by molar-refractivity contribution is 7.80. The van der Waals surface area contributed by atoms with Crippen molar-refractivity contribution >= 4 is 12.6 Å². The molecule has 0 aromatic carbocycles. The van der Waals surface area contributed by atoms with E-state index >= 15 is 0 Å². The van der Waals surface area contributed by atoms with Crippen LogP contribution in [-0.4, -0.2) is 43.5 Å². The highest BCUT2D eigenvalue weighted by Gasteiger charge is 2.25. The molecule has 1 aliphatic rings. The number of piperidine rings is 1. The summed E-state index contributed by atoms with van der Waals surface area (Å²) in [5.74, 6) is 1.46. The van der Waals surface area contributed by atoms with Crippen LogP contribution in [0.25, 0.3) is 0 Å². The van der Waals surface area contributed by atoms with Crippen LogP contribution in [0.3, 0.4) is 0 Å². The van der Waals surface area contributed by atoms with E-state index in [2.05, 4.69) is 31.0 Å². The molecule has 0 bridgehead atoms. The maximum Gasteiger partial charge on any atom is 0.0724 e. The van der Waals surface area contributed by atoms with Crippen LogP contribution in [-0.2, 0) is 4.74 Å². The largest absolute Gasteiger partial charge is 0.380 e. The van der Waals surface area contributed by atoms with E-state index in [-0.39, 0.29) is 0 Å². The molecule has 0 aliphatic carbocycles. The summed E-state index contributed by atoms with van der Waals surface area (Å²) in [5.41, 5.74) is 1.19. The van der Waals surface area contributed by atoms with E-state index in [0.29, 0.717) is 12.0 Å². The van der Waals surface area contributed by atoms with Gasteiger partial charge < -0.3 is 4.74 Å². The molecule has 0 aromatic rings. The van der Waals surface area contributed by atoms with Gasteiger partial charge >= 0.3 is 0 Å². The summed E-state index contributed by atoms with van der Waals surface area (Å²) in [7, 11) is 1.80. The van der Waals surface area contributed by atoms with Crippen LogP contribution in [0.1, 0.15) is 13.3 Å². The standard InChI is InChI=1S/C11H21NOS/c1-9(8-14)6-12-5-4-10(2)11(7-12)13-3/h10-11,14H,1,4-8H2,2-3H3. The third kappa shape index (κ3) is 3.30. The van der Waals surface area contributed by atoms with Crippen LogP contribution >= 0.6 is 12.6 Å². The molecular weight excluding hydrogens is 194 g/mol. The SMILES string of the molecule is C=C(CS)CN1CCC(C)C(OC)C1. The second-order valence-electron chi connectivity index (χ2n) is 4.18. The predicted octanol–water partition coefficient (Wildman–Crippen LogP) is 1.83. The minimum atomic E-state index is 0.386. The lowest BCUT2D eigenvalue weighted by Gasteiger charge is -2.36. The summed E-state index contributed by atoms with van der Waals surface area (Å²) in [6.45, 7) is 9.40. The molecular formula is C11H21NOS. The van der Waals surface area contributed by atoms with Gasteiger partial charge in [0.1, 0.15) is 0 Å². The fourth-order valence-electron chi connectivity index (χ4n) is 1.91. The number of hydrogen-bond acceptors (Lipinski definition) is 3. The predicted molar refractivity (Wildman–Crippen MR) is 64.0 cm³/mol. The number of likely N-dealkylation sites (tertiary alicyclic amines) is 1. The van der Waals surface area contributed by atoms with E-state index in [0.717, 1.165) is 25.4 Å². The molecule has 0 spiro atoms. The monoisotopic (exact) mass is 215 g/mol. The van der Waals surface area contributed by atoms with Crippen molar-refractivity contribution in [2.24, 2.45) is 5.92 Å². The van der Waals surface area contributed by atoms with Crippen molar-refractivity contribution in [3.8, 4) is 0 Å². The normalized spacial score (nSPS) is 29.1. The molecule has 14 heavy (non-hydrogen) atoms. The molecule has 0 N–H and O–H groups in total. The lowest BCUT2D eigenvalue weighted by molar-refractivity contribution is -0.00193. The first-order chi connectivity index (χ1) is 6.67. The molecule has 1 aliphatic heterocycles. The van der Waals surface area contributed by atoms with Crippen LogP contribution in [0.4, 0.5) is 0 Å². The lowest BCUT2D eigenvalue weighted by atomic mass is 9.95. The average Bonchev–Trinajstić information content (AvgIpc) is 2.20. The van der Waals surface area contributed by atoms with Crippen molar-refractivity contribution in [2.45, 2.75) is 19.4 Å². The van der Waals surface area contributed by atoms with Gasteiger partial charge in [0.05, 0.1) is 6.10 Å². The molecule has 2 nitrogen and oxygen atoms in total. The van der Waals surface area contributed by atoms with Gasteiger partial charge in [-0.2, -0.15) is 12.6 Å². The molecule has 1 fully saturated rings. The number of ether oxygens (including phenoxy) is 1. The first-order valence-electron chi connectivity index (χ1n) is 5.20. The Kier molecular flexibility index (Phi) is 4.99. The van der Waals surface area contributed by atoms with Gasteiger partial charge in [-0.05, 0) is 18.9 Å². The molecule has 1 heterocycles. The molecule has 0 radical (unpaired) electrons. The second-order valence-corrected chi connectivity index (χ2v) is 4.50. The Hall–Kier alpha value is 0.01000. The molecule has 3 heteroatoms. The molecule has 2 atom stereocenters. The number of rotatable bonds is 4. The number of nitrogens with zero attached hydrogens (tertiary/aromatic N) is 1. The minimum absolute atomic E-state index is 0.386. The van der Waals surface area contributed by atoms with E-state index in [1.54, 1.807) is 7.11 Å². The second kappa shape index (κ2) is 5.79. The van der Waals surface area contributed by atoms with E-state index < -0.39 is 0 Å². The number of methoxy groups -OCH3 is 1. The average molecular weight is 215 g/mol. The first-order valence-corrected chi connectivity index (χ1v) is 5.83. The maximum atomic E-state index is 5.46. The van der Waals surface area contributed by atoms with Crippen molar-refractivity contribution in [3.63, 3.8) is 0 Å². The minimum Gasteiger partial charge on any atom is -0.380 e. The summed E-state index contributed by atoms with van der Waals surface area (Å²) in [4.78, 5) is 2.41. The zero-order valence-electron chi connectivity index (χ0n) is 9.20. The topological polar surface area (TPSA) is 12.5 Å². The third-order valence-corrected chi connectivity index (χ3v) is 3.39. The Morgan fingerprint density at radius 2 is 2.36 bits per heavy atom.